The lowest BCUT2D eigenvalue weighted by molar-refractivity contribution is 0.0847. The van der Waals surface area contributed by atoms with E-state index in [1.165, 1.54) is 0 Å². The van der Waals surface area contributed by atoms with Crippen molar-refractivity contribution in [3.05, 3.63) is 63.2 Å². The van der Waals surface area contributed by atoms with E-state index in [9.17, 15) is 10.1 Å². The molecule has 0 bridgehead atoms. The minimum Gasteiger partial charge on any atom is -0.381 e. The normalized spacial score (nSPS) is 14.3. The average Bonchev–Trinajstić information content (AvgIpc) is 2.79. The monoisotopic (exact) mass is 431 g/mol. The molecule has 0 spiro atoms. The van der Waals surface area contributed by atoms with Crippen molar-refractivity contribution >= 4 is 22.3 Å². The molecule has 1 aliphatic heterocycles. The summed E-state index contributed by atoms with van der Waals surface area (Å²) in [5.74, 6) is 0. The summed E-state index contributed by atoms with van der Waals surface area (Å²) in [5.41, 5.74) is 5.71. The van der Waals surface area contributed by atoms with Gasteiger partial charge in [0.1, 0.15) is 0 Å². The maximum absolute atomic E-state index is 12.4. The van der Waals surface area contributed by atoms with Crippen LogP contribution in [0.25, 0.3) is 10.9 Å². The maximum Gasteiger partial charge on any atom is 0.253 e. The van der Waals surface area contributed by atoms with Gasteiger partial charge in [-0.3, -0.25) is 9.78 Å². The average molecular weight is 432 g/mol. The fourth-order valence-corrected chi connectivity index (χ4v) is 4.58. The first-order chi connectivity index (χ1) is 15.5. The number of pyridine rings is 2. The number of aromatic amines is 1. The summed E-state index contributed by atoms with van der Waals surface area (Å²) in [7, 11) is 0. The highest BCUT2D eigenvalue weighted by atomic mass is 16.5. The number of hydrogen-bond donors (Lipinski definition) is 2. The van der Waals surface area contributed by atoms with Crippen molar-refractivity contribution in [1.29, 1.82) is 5.26 Å². The van der Waals surface area contributed by atoms with E-state index in [4.69, 9.17) is 9.72 Å². The van der Waals surface area contributed by atoms with E-state index >= 15 is 0 Å². The second kappa shape index (κ2) is 9.41. The molecule has 3 aromatic rings. The van der Waals surface area contributed by atoms with Crippen LogP contribution in [0.2, 0.25) is 0 Å². The largest absolute Gasteiger partial charge is 0.381 e. The standard InChI is InChI=1S/C25H29N5O2/c1-4-30(19-6-9-32-10-7-19)23-13-18(14-26)12-20-22(5-8-27-24(20)23)28-15-21-16(2)11-17(3)29-25(21)31/h5,8,11-13,19H,4,6-7,9-10,15H2,1-3H3,(H,27,28)(H,29,31). The molecule has 1 fully saturated rings. The topological polar surface area (TPSA) is 94.0 Å². The lowest BCUT2D eigenvalue weighted by Crippen LogP contribution is -2.39. The Morgan fingerprint density at radius 1 is 1.28 bits per heavy atom. The first kappa shape index (κ1) is 21.8. The number of nitrogens with zero attached hydrogens (tertiary/aromatic N) is 3. The Hall–Kier alpha value is -3.37. The van der Waals surface area contributed by atoms with E-state index in [1.54, 1.807) is 6.20 Å². The maximum atomic E-state index is 12.4. The van der Waals surface area contributed by atoms with E-state index in [1.807, 2.05) is 38.1 Å². The summed E-state index contributed by atoms with van der Waals surface area (Å²) < 4.78 is 5.55. The van der Waals surface area contributed by atoms with Gasteiger partial charge in [-0.05, 0) is 63.4 Å². The Bertz CT molecular complexity index is 1220. The number of fused-ring (bicyclic) bond motifs is 1. The Kier molecular flexibility index (Phi) is 6.42. The molecule has 7 nitrogen and oxygen atoms in total. The molecule has 0 saturated carbocycles. The van der Waals surface area contributed by atoms with Crippen molar-refractivity contribution in [2.75, 3.05) is 30.0 Å². The molecular weight excluding hydrogens is 402 g/mol. The minimum absolute atomic E-state index is 0.0801. The molecule has 1 aromatic carbocycles. The molecule has 2 aromatic heterocycles. The Morgan fingerprint density at radius 3 is 2.75 bits per heavy atom. The highest BCUT2D eigenvalue weighted by Crippen LogP contribution is 2.34. The van der Waals surface area contributed by atoms with Crippen molar-refractivity contribution < 1.29 is 4.74 Å². The zero-order valence-corrected chi connectivity index (χ0v) is 18.9. The zero-order valence-electron chi connectivity index (χ0n) is 18.9. The molecule has 0 atom stereocenters. The third kappa shape index (κ3) is 4.32. The van der Waals surface area contributed by atoms with Crippen LogP contribution >= 0.6 is 0 Å². The van der Waals surface area contributed by atoms with Crippen molar-refractivity contribution in [3.8, 4) is 6.07 Å². The quantitative estimate of drug-likeness (QED) is 0.612. The summed E-state index contributed by atoms with van der Waals surface area (Å²) in [5, 5.41) is 14.0. The molecule has 166 valence electrons. The number of H-pyrrole nitrogens is 1. The molecule has 2 N–H and O–H groups in total. The minimum atomic E-state index is -0.0801. The number of benzene rings is 1. The third-order valence-corrected chi connectivity index (χ3v) is 6.19. The fraction of sp³-hybridized carbons (Fsp3) is 0.400. The van der Waals surface area contributed by atoms with Crippen LogP contribution in [0.15, 0.2) is 35.3 Å². The van der Waals surface area contributed by atoms with Crippen molar-refractivity contribution in [2.24, 2.45) is 0 Å². The molecule has 0 amide bonds. The molecule has 3 heterocycles. The van der Waals surface area contributed by atoms with Crippen molar-refractivity contribution in [3.63, 3.8) is 0 Å². The molecule has 7 heteroatoms. The number of nitrogens with one attached hydrogen (secondary N) is 2. The van der Waals surface area contributed by atoms with Crippen LogP contribution < -0.4 is 15.8 Å². The summed E-state index contributed by atoms with van der Waals surface area (Å²) >= 11 is 0. The summed E-state index contributed by atoms with van der Waals surface area (Å²) in [6, 6.07) is 10.3. The van der Waals surface area contributed by atoms with Gasteiger partial charge in [0.25, 0.3) is 5.56 Å². The molecule has 32 heavy (non-hydrogen) atoms. The van der Waals surface area contributed by atoms with Gasteiger partial charge >= 0.3 is 0 Å². The highest BCUT2D eigenvalue weighted by Gasteiger charge is 2.23. The van der Waals surface area contributed by atoms with E-state index in [0.29, 0.717) is 23.7 Å². The fourth-order valence-electron chi connectivity index (χ4n) is 4.58. The molecule has 1 saturated heterocycles. The van der Waals surface area contributed by atoms with Gasteiger partial charge in [0, 0.05) is 60.9 Å². The predicted octanol–water partition coefficient (Wildman–Crippen LogP) is 4.03. The molecule has 1 aliphatic rings. The van der Waals surface area contributed by atoms with E-state index in [0.717, 1.165) is 66.1 Å². The van der Waals surface area contributed by atoms with Crippen molar-refractivity contribution in [1.82, 2.24) is 9.97 Å². The van der Waals surface area contributed by atoms with E-state index in [2.05, 4.69) is 28.2 Å². The van der Waals surface area contributed by atoms with E-state index < -0.39 is 0 Å². The number of hydrogen-bond acceptors (Lipinski definition) is 6. The first-order valence-corrected chi connectivity index (χ1v) is 11.1. The van der Waals surface area contributed by atoms with Crippen LogP contribution in [0.5, 0.6) is 0 Å². The van der Waals surface area contributed by atoms with Crippen LogP contribution in [0.3, 0.4) is 0 Å². The van der Waals surface area contributed by atoms with Crippen LogP contribution in [-0.2, 0) is 11.3 Å². The number of aromatic nitrogens is 2. The van der Waals surface area contributed by atoms with Gasteiger partial charge in [0.2, 0.25) is 0 Å². The SMILES string of the molecule is CCN(c1cc(C#N)cc2c(NCc3c(C)cc(C)[nH]c3=O)ccnc12)C1CCOCC1. The van der Waals surface area contributed by atoms with Gasteiger partial charge in [-0.1, -0.05) is 0 Å². The second-order valence-electron chi connectivity index (χ2n) is 8.29. The van der Waals surface area contributed by atoms with Crippen LogP contribution in [0.1, 0.15) is 42.1 Å². The van der Waals surface area contributed by atoms with Crippen LogP contribution in [0, 0.1) is 25.2 Å². The first-order valence-electron chi connectivity index (χ1n) is 11.1. The van der Waals surface area contributed by atoms with Crippen LogP contribution in [-0.4, -0.2) is 35.8 Å². The van der Waals surface area contributed by atoms with Gasteiger partial charge in [-0.25, -0.2) is 0 Å². The lowest BCUT2D eigenvalue weighted by Gasteiger charge is -2.36. The number of anilines is 2. The smallest absolute Gasteiger partial charge is 0.253 e. The molecule has 0 unspecified atom stereocenters. The Balaban J connectivity index is 1.75. The zero-order chi connectivity index (χ0) is 22.7. The predicted molar refractivity (Wildman–Crippen MR) is 127 cm³/mol. The van der Waals surface area contributed by atoms with Gasteiger partial charge in [0.05, 0.1) is 22.8 Å². The van der Waals surface area contributed by atoms with Gasteiger partial charge < -0.3 is 19.9 Å². The Morgan fingerprint density at radius 2 is 2.06 bits per heavy atom. The van der Waals surface area contributed by atoms with Crippen molar-refractivity contribution in [2.45, 2.75) is 46.2 Å². The second-order valence-corrected chi connectivity index (χ2v) is 8.29. The third-order valence-electron chi connectivity index (χ3n) is 6.19. The summed E-state index contributed by atoms with van der Waals surface area (Å²) in [6.45, 7) is 8.68. The number of nitriles is 1. The molecule has 0 aliphatic carbocycles. The van der Waals surface area contributed by atoms with Gasteiger partial charge in [0.15, 0.2) is 0 Å². The summed E-state index contributed by atoms with van der Waals surface area (Å²) in [6.07, 6.45) is 3.70. The van der Waals surface area contributed by atoms with Gasteiger partial charge in [-0.15, -0.1) is 0 Å². The Labute approximate surface area is 188 Å². The molecular formula is C25H29N5O2. The highest BCUT2D eigenvalue weighted by molar-refractivity contribution is 6.00. The summed E-state index contributed by atoms with van der Waals surface area (Å²) in [4.78, 5) is 22.3. The number of aryl methyl sites for hydroxylation is 2. The van der Waals surface area contributed by atoms with Crippen LogP contribution in [0.4, 0.5) is 11.4 Å². The van der Waals surface area contributed by atoms with Gasteiger partial charge in [-0.2, -0.15) is 5.26 Å². The van der Waals surface area contributed by atoms with E-state index in [-0.39, 0.29) is 5.56 Å². The lowest BCUT2D eigenvalue weighted by atomic mass is 10.0. The number of ether oxygens (including phenoxy) is 1. The molecule has 0 radical (unpaired) electrons. The number of rotatable bonds is 6. The molecule has 4 rings (SSSR count).